The van der Waals surface area contributed by atoms with Crippen LogP contribution < -0.4 is 9.62 Å². The molecular formula is C37H42ClN3O4S. The summed E-state index contributed by atoms with van der Waals surface area (Å²) in [6, 6.07) is 27.6. The minimum absolute atomic E-state index is 0.00912. The Kier molecular flexibility index (Phi) is 11.7. The van der Waals surface area contributed by atoms with Crippen LogP contribution >= 0.6 is 11.6 Å². The Balaban J connectivity index is 1.84. The zero-order valence-electron chi connectivity index (χ0n) is 27.0. The molecule has 0 aliphatic rings. The van der Waals surface area contributed by atoms with Crippen molar-refractivity contribution in [2.45, 2.75) is 71.0 Å². The molecule has 9 heteroatoms. The summed E-state index contributed by atoms with van der Waals surface area (Å²) in [7, 11) is -4.18. The normalized spacial score (nSPS) is 12.7. The molecule has 2 atom stereocenters. The quantitative estimate of drug-likeness (QED) is 0.167. The number of hydrogen-bond acceptors (Lipinski definition) is 4. The van der Waals surface area contributed by atoms with Crippen LogP contribution in [-0.2, 0) is 32.6 Å². The second kappa shape index (κ2) is 15.4. The minimum atomic E-state index is -4.18. The fourth-order valence-electron chi connectivity index (χ4n) is 5.27. The Bertz CT molecular complexity index is 1740. The van der Waals surface area contributed by atoms with Crippen LogP contribution in [0, 0.1) is 20.8 Å². The largest absolute Gasteiger partial charge is 0.352 e. The number of rotatable bonds is 13. The van der Waals surface area contributed by atoms with Gasteiger partial charge in [0.1, 0.15) is 12.6 Å². The summed E-state index contributed by atoms with van der Waals surface area (Å²) in [5.41, 5.74) is 4.50. The van der Waals surface area contributed by atoms with Crippen molar-refractivity contribution in [1.82, 2.24) is 10.2 Å². The van der Waals surface area contributed by atoms with E-state index in [2.05, 4.69) is 5.32 Å². The van der Waals surface area contributed by atoms with Crippen molar-refractivity contribution in [3.05, 3.63) is 130 Å². The summed E-state index contributed by atoms with van der Waals surface area (Å²) < 4.78 is 29.7. The summed E-state index contributed by atoms with van der Waals surface area (Å²) in [5, 5.41) is 3.49. The highest BCUT2D eigenvalue weighted by Gasteiger charge is 2.35. The molecule has 4 aromatic rings. The Morgan fingerprint density at radius 2 is 1.43 bits per heavy atom. The molecule has 4 rings (SSSR count). The molecule has 0 saturated heterocycles. The van der Waals surface area contributed by atoms with Gasteiger partial charge >= 0.3 is 0 Å². The van der Waals surface area contributed by atoms with Crippen LogP contribution in [0.1, 0.15) is 48.1 Å². The zero-order chi connectivity index (χ0) is 33.4. The molecule has 2 amide bonds. The number of aryl methyl sites for hydroxylation is 3. The first-order valence-electron chi connectivity index (χ1n) is 15.4. The van der Waals surface area contributed by atoms with Crippen LogP contribution in [0.15, 0.2) is 102 Å². The topological polar surface area (TPSA) is 86.8 Å². The molecule has 7 nitrogen and oxygen atoms in total. The summed E-state index contributed by atoms with van der Waals surface area (Å²) in [6.45, 7) is 9.02. The van der Waals surface area contributed by atoms with Gasteiger partial charge in [-0.2, -0.15) is 0 Å². The monoisotopic (exact) mass is 659 g/mol. The molecule has 0 heterocycles. The summed E-state index contributed by atoms with van der Waals surface area (Å²) in [4.78, 5) is 30.1. The first kappa shape index (κ1) is 34.7. The Morgan fingerprint density at radius 3 is 2.04 bits per heavy atom. The van der Waals surface area contributed by atoms with Gasteiger partial charge in [0.05, 0.1) is 10.6 Å². The van der Waals surface area contributed by atoms with Crippen LogP contribution in [0.3, 0.4) is 0 Å². The highest BCUT2D eigenvalue weighted by molar-refractivity contribution is 7.92. The van der Waals surface area contributed by atoms with Gasteiger partial charge in [0.25, 0.3) is 10.0 Å². The Hall–Kier alpha value is -4.14. The molecule has 0 aliphatic heterocycles. The van der Waals surface area contributed by atoms with Gasteiger partial charge in [-0.3, -0.25) is 13.9 Å². The number of hydrogen-bond donors (Lipinski definition) is 1. The maximum absolute atomic E-state index is 14.6. The number of sulfonamides is 1. The van der Waals surface area contributed by atoms with Gasteiger partial charge in [0, 0.05) is 24.0 Å². The van der Waals surface area contributed by atoms with E-state index < -0.39 is 28.5 Å². The molecule has 4 aromatic carbocycles. The SMILES string of the molecule is CC[C@@H](C)NC(=O)[C@@H](Cc1ccccc1)N(Cc1ccccc1Cl)C(=O)CN(c1cc(C)cc(C)c1)S(=O)(=O)c1ccc(C)cc1. The van der Waals surface area contributed by atoms with Crippen LogP contribution in [0.2, 0.25) is 5.02 Å². The van der Waals surface area contributed by atoms with Gasteiger partial charge in [0.15, 0.2) is 0 Å². The number of halogens is 1. The number of nitrogens with zero attached hydrogens (tertiary/aromatic N) is 2. The smallest absolute Gasteiger partial charge is 0.264 e. The molecule has 0 radical (unpaired) electrons. The van der Waals surface area contributed by atoms with E-state index >= 15 is 0 Å². The molecule has 0 unspecified atom stereocenters. The third-order valence-electron chi connectivity index (χ3n) is 7.95. The van der Waals surface area contributed by atoms with Crippen LogP contribution in [0.4, 0.5) is 5.69 Å². The number of anilines is 1. The van der Waals surface area contributed by atoms with Crippen molar-refractivity contribution in [2.75, 3.05) is 10.8 Å². The molecule has 0 aliphatic carbocycles. The zero-order valence-corrected chi connectivity index (χ0v) is 28.6. The maximum atomic E-state index is 14.6. The van der Waals surface area contributed by atoms with Gasteiger partial charge < -0.3 is 10.2 Å². The van der Waals surface area contributed by atoms with E-state index in [9.17, 15) is 18.0 Å². The average molecular weight is 660 g/mol. The molecular weight excluding hydrogens is 618 g/mol. The van der Waals surface area contributed by atoms with Gasteiger partial charge in [-0.15, -0.1) is 0 Å². The standard InChI is InChI=1S/C37H42ClN3O4S/c1-6-29(5)39-37(43)35(23-30-12-8-7-9-13-30)40(24-31-14-10-11-15-34(31)38)36(42)25-41(32-21-27(3)20-28(4)22-32)46(44,45)33-18-16-26(2)17-19-33/h7-22,29,35H,6,23-25H2,1-5H3,(H,39,43)/t29-,35-/m1/s1. The molecule has 242 valence electrons. The van der Waals surface area contributed by atoms with Gasteiger partial charge in [0.2, 0.25) is 11.8 Å². The highest BCUT2D eigenvalue weighted by Crippen LogP contribution is 2.28. The number of carbonyl (C=O) groups excluding carboxylic acids is 2. The van der Waals surface area contributed by atoms with Crippen molar-refractivity contribution in [2.24, 2.45) is 0 Å². The third kappa shape index (κ3) is 8.77. The van der Waals surface area contributed by atoms with E-state index in [0.29, 0.717) is 22.7 Å². The Labute approximate surface area is 278 Å². The fourth-order valence-corrected chi connectivity index (χ4v) is 6.86. The van der Waals surface area contributed by atoms with E-state index in [0.717, 1.165) is 26.6 Å². The highest BCUT2D eigenvalue weighted by atomic mass is 35.5. The van der Waals surface area contributed by atoms with Crippen molar-refractivity contribution in [1.29, 1.82) is 0 Å². The summed E-state index contributed by atoms with van der Waals surface area (Å²) >= 11 is 6.58. The molecule has 0 saturated carbocycles. The second-order valence-corrected chi connectivity index (χ2v) is 14.1. The summed E-state index contributed by atoms with van der Waals surface area (Å²) in [5.74, 6) is -0.854. The first-order valence-corrected chi connectivity index (χ1v) is 17.3. The predicted octanol–water partition coefficient (Wildman–Crippen LogP) is 7.02. The van der Waals surface area contributed by atoms with Crippen LogP contribution in [-0.4, -0.2) is 43.8 Å². The fraction of sp³-hybridized carbons (Fsp3) is 0.297. The predicted molar refractivity (Wildman–Crippen MR) is 185 cm³/mol. The number of benzene rings is 4. The van der Waals surface area contributed by atoms with Crippen molar-refractivity contribution in [3.63, 3.8) is 0 Å². The molecule has 46 heavy (non-hydrogen) atoms. The van der Waals surface area contributed by atoms with Crippen molar-refractivity contribution >= 4 is 39.1 Å². The maximum Gasteiger partial charge on any atom is 0.264 e. The number of amides is 2. The lowest BCUT2D eigenvalue weighted by Gasteiger charge is -2.34. The van der Waals surface area contributed by atoms with Gasteiger partial charge in [-0.25, -0.2) is 8.42 Å². The lowest BCUT2D eigenvalue weighted by Crippen LogP contribution is -2.54. The van der Waals surface area contributed by atoms with Crippen LogP contribution in [0.25, 0.3) is 0 Å². The molecule has 0 bridgehead atoms. The number of carbonyl (C=O) groups is 2. The van der Waals surface area contributed by atoms with Crippen LogP contribution in [0.5, 0.6) is 0 Å². The van der Waals surface area contributed by atoms with Crippen molar-refractivity contribution < 1.29 is 18.0 Å². The number of nitrogens with one attached hydrogen (secondary N) is 1. The van der Waals surface area contributed by atoms with E-state index in [4.69, 9.17) is 11.6 Å². The molecule has 0 aromatic heterocycles. The van der Waals surface area contributed by atoms with E-state index in [-0.39, 0.29) is 29.8 Å². The minimum Gasteiger partial charge on any atom is -0.352 e. The second-order valence-electron chi connectivity index (χ2n) is 11.8. The van der Waals surface area contributed by atoms with E-state index in [1.165, 1.54) is 4.90 Å². The molecule has 0 fully saturated rings. The van der Waals surface area contributed by atoms with Crippen molar-refractivity contribution in [3.8, 4) is 0 Å². The first-order chi connectivity index (χ1) is 21.9. The average Bonchev–Trinajstić information content (AvgIpc) is 3.02. The third-order valence-corrected chi connectivity index (χ3v) is 10.1. The molecule has 0 spiro atoms. The Morgan fingerprint density at radius 1 is 0.826 bits per heavy atom. The lowest BCUT2D eigenvalue weighted by atomic mass is 10.0. The van der Waals surface area contributed by atoms with Gasteiger partial charge in [-0.05, 0) is 86.7 Å². The van der Waals surface area contributed by atoms with E-state index in [1.54, 1.807) is 54.6 Å². The van der Waals surface area contributed by atoms with Gasteiger partial charge in [-0.1, -0.05) is 90.8 Å². The summed E-state index contributed by atoms with van der Waals surface area (Å²) in [6.07, 6.45) is 0.936. The molecule has 1 N–H and O–H groups in total. The lowest BCUT2D eigenvalue weighted by molar-refractivity contribution is -0.140. The van der Waals surface area contributed by atoms with E-state index in [1.807, 2.05) is 77.1 Å².